The quantitative estimate of drug-likeness (QED) is 0.848. The molecule has 0 saturated carbocycles. The van der Waals surface area contributed by atoms with Gasteiger partial charge in [-0.3, -0.25) is 24.6 Å². The van der Waals surface area contributed by atoms with Crippen LogP contribution in [-0.2, 0) is 16.1 Å². The SMILES string of the molecule is Cc1cccc(CN2C(=O)S/C(=C\C(=O)Nc3nccs3)C2=O)c1. The predicted octanol–water partition coefficient (Wildman–Crippen LogP) is 3.17. The van der Waals surface area contributed by atoms with Crippen molar-refractivity contribution in [3.8, 4) is 0 Å². The molecule has 8 heteroatoms. The molecule has 2 heterocycles. The number of carbonyl (C=O) groups is 3. The molecule has 6 nitrogen and oxygen atoms in total. The average molecular weight is 359 g/mol. The van der Waals surface area contributed by atoms with Crippen LogP contribution in [0.15, 0.2) is 46.8 Å². The van der Waals surface area contributed by atoms with Crippen LogP contribution in [0.2, 0.25) is 0 Å². The van der Waals surface area contributed by atoms with E-state index in [1.807, 2.05) is 31.2 Å². The predicted molar refractivity (Wildman–Crippen MR) is 93.5 cm³/mol. The lowest BCUT2D eigenvalue weighted by Crippen LogP contribution is -2.27. The van der Waals surface area contributed by atoms with Crippen LogP contribution in [-0.4, -0.2) is 26.9 Å². The molecule has 0 unspecified atom stereocenters. The number of thiazole rings is 1. The van der Waals surface area contributed by atoms with Gasteiger partial charge in [-0.15, -0.1) is 11.3 Å². The second-order valence-electron chi connectivity index (χ2n) is 5.08. The standard InChI is InChI=1S/C16H13N3O3S2/c1-10-3-2-4-11(7-10)9-19-14(21)12(24-16(19)22)8-13(20)18-15-17-5-6-23-15/h2-8H,9H2,1H3,(H,17,18,20)/b12-8-. The van der Waals surface area contributed by atoms with E-state index in [0.29, 0.717) is 5.13 Å². The van der Waals surface area contributed by atoms with Crippen molar-refractivity contribution in [2.24, 2.45) is 0 Å². The number of nitrogens with zero attached hydrogens (tertiary/aromatic N) is 2. The Balaban J connectivity index is 1.71. The molecule has 1 saturated heterocycles. The average Bonchev–Trinajstić information content (AvgIpc) is 3.12. The topological polar surface area (TPSA) is 79.4 Å². The first-order chi connectivity index (χ1) is 11.5. The number of rotatable bonds is 4. The summed E-state index contributed by atoms with van der Waals surface area (Å²) in [6.07, 6.45) is 2.71. The Morgan fingerprint density at radius 3 is 2.92 bits per heavy atom. The Labute approximate surface area is 146 Å². The first-order valence-electron chi connectivity index (χ1n) is 7.04. The number of amides is 3. The normalized spacial score (nSPS) is 16.0. The van der Waals surface area contributed by atoms with Gasteiger partial charge in [0.2, 0.25) is 0 Å². The van der Waals surface area contributed by atoms with Gasteiger partial charge >= 0.3 is 0 Å². The molecule has 1 aliphatic rings. The number of benzene rings is 1. The lowest BCUT2D eigenvalue weighted by Gasteiger charge is -2.12. The molecule has 3 amide bonds. The Morgan fingerprint density at radius 1 is 1.38 bits per heavy atom. The highest BCUT2D eigenvalue weighted by Crippen LogP contribution is 2.31. The maximum absolute atomic E-state index is 12.4. The molecule has 0 atom stereocenters. The molecule has 0 radical (unpaired) electrons. The molecule has 1 fully saturated rings. The van der Waals surface area contributed by atoms with Gasteiger partial charge in [-0.2, -0.15) is 0 Å². The summed E-state index contributed by atoms with van der Waals surface area (Å²) in [5, 5.41) is 4.34. The second kappa shape index (κ2) is 6.98. The van der Waals surface area contributed by atoms with Gasteiger partial charge in [0.15, 0.2) is 5.13 Å². The van der Waals surface area contributed by atoms with Crippen molar-refractivity contribution in [3.63, 3.8) is 0 Å². The fraction of sp³-hybridized carbons (Fsp3) is 0.125. The number of carbonyl (C=O) groups excluding carboxylic acids is 3. The smallest absolute Gasteiger partial charge is 0.293 e. The van der Waals surface area contributed by atoms with E-state index in [0.717, 1.165) is 33.9 Å². The molecule has 1 aliphatic heterocycles. The highest BCUT2D eigenvalue weighted by atomic mass is 32.2. The molecule has 1 aromatic heterocycles. The van der Waals surface area contributed by atoms with E-state index in [1.54, 1.807) is 11.6 Å². The van der Waals surface area contributed by atoms with Gasteiger partial charge in [-0.05, 0) is 24.2 Å². The minimum atomic E-state index is -0.481. The summed E-state index contributed by atoms with van der Waals surface area (Å²) in [7, 11) is 0. The van der Waals surface area contributed by atoms with E-state index < -0.39 is 11.8 Å². The van der Waals surface area contributed by atoms with Gasteiger partial charge in [0.1, 0.15) is 0 Å². The van der Waals surface area contributed by atoms with Gasteiger partial charge in [-0.25, -0.2) is 4.98 Å². The number of nitrogens with one attached hydrogen (secondary N) is 1. The Morgan fingerprint density at radius 2 is 2.21 bits per heavy atom. The van der Waals surface area contributed by atoms with Crippen molar-refractivity contribution in [1.82, 2.24) is 9.88 Å². The molecule has 1 aromatic carbocycles. The Kier molecular flexibility index (Phi) is 4.77. The van der Waals surface area contributed by atoms with Gasteiger partial charge in [-0.1, -0.05) is 29.8 Å². The molecule has 24 heavy (non-hydrogen) atoms. The minimum absolute atomic E-state index is 0.113. The highest BCUT2D eigenvalue weighted by molar-refractivity contribution is 8.18. The molecule has 0 spiro atoms. The number of hydrogen-bond acceptors (Lipinski definition) is 6. The Hall–Kier alpha value is -2.45. The van der Waals surface area contributed by atoms with Crippen molar-refractivity contribution < 1.29 is 14.4 Å². The van der Waals surface area contributed by atoms with Crippen molar-refractivity contribution in [2.75, 3.05) is 5.32 Å². The maximum Gasteiger partial charge on any atom is 0.293 e. The summed E-state index contributed by atoms with van der Waals surface area (Å²) in [6.45, 7) is 2.14. The summed E-state index contributed by atoms with van der Waals surface area (Å²) >= 11 is 2.04. The fourth-order valence-corrected chi connectivity index (χ4v) is 3.52. The van der Waals surface area contributed by atoms with Crippen LogP contribution < -0.4 is 5.32 Å². The van der Waals surface area contributed by atoms with Crippen molar-refractivity contribution in [3.05, 3.63) is 58.0 Å². The van der Waals surface area contributed by atoms with Crippen LogP contribution in [0.3, 0.4) is 0 Å². The van der Waals surface area contributed by atoms with Crippen LogP contribution in [0, 0.1) is 6.92 Å². The summed E-state index contributed by atoms with van der Waals surface area (Å²) < 4.78 is 0. The first-order valence-corrected chi connectivity index (χ1v) is 8.74. The zero-order valence-corrected chi connectivity index (χ0v) is 14.3. The van der Waals surface area contributed by atoms with Crippen LogP contribution in [0.5, 0.6) is 0 Å². The van der Waals surface area contributed by atoms with E-state index in [-0.39, 0.29) is 16.7 Å². The maximum atomic E-state index is 12.4. The van der Waals surface area contributed by atoms with Crippen molar-refractivity contribution >= 4 is 45.3 Å². The third-order valence-electron chi connectivity index (χ3n) is 3.22. The second-order valence-corrected chi connectivity index (χ2v) is 6.97. The summed E-state index contributed by atoms with van der Waals surface area (Å²) in [5.74, 6) is -0.938. The zero-order chi connectivity index (χ0) is 17.1. The summed E-state index contributed by atoms with van der Waals surface area (Å²) in [5.41, 5.74) is 1.92. The zero-order valence-electron chi connectivity index (χ0n) is 12.7. The van der Waals surface area contributed by atoms with E-state index in [4.69, 9.17) is 0 Å². The van der Waals surface area contributed by atoms with E-state index in [1.165, 1.54) is 11.3 Å². The molecular formula is C16H13N3O3S2. The molecule has 0 bridgehead atoms. The van der Waals surface area contributed by atoms with E-state index in [9.17, 15) is 14.4 Å². The molecule has 122 valence electrons. The Bertz CT molecular complexity index is 831. The van der Waals surface area contributed by atoms with Crippen molar-refractivity contribution in [2.45, 2.75) is 13.5 Å². The van der Waals surface area contributed by atoms with Crippen molar-refractivity contribution in [1.29, 1.82) is 0 Å². The monoisotopic (exact) mass is 359 g/mol. The lowest BCUT2D eigenvalue weighted by molar-refractivity contribution is -0.123. The van der Waals surface area contributed by atoms with Crippen LogP contribution in [0.25, 0.3) is 0 Å². The van der Waals surface area contributed by atoms with Gasteiger partial charge in [0.05, 0.1) is 11.4 Å². The van der Waals surface area contributed by atoms with Gasteiger partial charge in [0, 0.05) is 17.7 Å². The van der Waals surface area contributed by atoms with Crippen LogP contribution in [0.4, 0.5) is 9.93 Å². The lowest BCUT2D eigenvalue weighted by atomic mass is 10.1. The third kappa shape index (κ3) is 3.72. The molecule has 2 aromatic rings. The molecule has 1 N–H and O–H groups in total. The minimum Gasteiger partial charge on any atom is -0.298 e. The third-order valence-corrected chi connectivity index (χ3v) is 4.82. The molecule has 3 rings (SSSR count). The summed E-state index contributed by atoms with van der Waals surface area (Å²) in [6, 6.07) is 7.60. The fourth-order valence-electron chi connectivity index (χ4n) is 2.18. The first kappa shape index (κ1) is 16.4. The number of hydrogen-bond donors (Lipinski definition) is 1. The number of imide groups is 1. The van der Waals surface area contributed by atoms with Crippen LogP contribution >= 0.6 is 23.1 Å². The number of thioether (sulfide) groups is 1. The molecular weight excluding hydrogens is 346 g/mol. The highest BCUT2D eigenvalue weighted by Gasteiger charge is 2.35. The molecule has 0 aliphatic carbocycles. The largest absolute Gasteiger partial charge is 0.298 e. The summed E-state index contributed by atoms with van der Waals surface area (Å²) in [4.78, 5) is 41.5. The number of aryl methyl sites for hydroxylation is 1. The van der Waals surface area contributed by atoms with Crippen LogP contribution in [0.1, 0.15) is 11.1 Å². The number of anilines is 1. The van der Waals surface area contributed by atoms with E-state index >= 15 is 0 Å². The number of aromatic nitrogens is 1. The van der Waals surface area contributed by atoms with Gasteiger partial charge < -0.3 is 0 Å². The van der Waals surface area contributed by atoms with Gasteiger partial charge in [0.25, 0.3) is 17.1 Å². The van der Waals surface area contributed by atoms with E-state index in [2.05, 4.69) is 10.3 Å².